The lowest BCUT2D eigenvalue weighted by atomic mass is 10.4. The molecule has 0 N–H and O–H groups in total. The fraction of sp³-hybridized carbons (Fsp3) is 0.250. The lowest BCUT2D eigenvalue weighted by molar-refractivity contribution is 0.705. The first kappa shape index (κ1) is 13.3. The van der Waals surface area contributed by atoms with Gasteiger partial charge < -0.3 is 4.57 Å². The van der Waals surface area contributed by atoms with E-state index in [0.717, 1.165) is 13.2 Å². The molecule has 0 saturated heterocycles. The van der Waals surface area contributed by atoms with Crippen molar-refractivity contribution >= 4 is 38.4 Å². The second-order valence-electron chi connectivity index (χ2n) is 4.48. The summed E-state index contributed by atoms with van der Waals surface area (Å²) in [5.74, 6) is 0.675. The van der Waals surface area contributed by atoms with Gasteiger partial charge in [0.1, 0.15) is 0 Å². The number of nitrogens with zero attached hydrogens (tertiary/aromatic N) is 4. The minimum Gasteiger partial charge on any atom is -0.321 e. The fourth-order valence-corrected chi connectivity index (χ4v) is 3.58. The molecule has 3 rings (SSSR count). The van der Waals surface area contributed by atoms with E-state index < -0.39 is 0 Å². The minimum absolute atomic E-state index is 0.333. The zero-order valence-corrected chi connectivity index (χ0v) is 13.4. The molecule has 0 aliphatic heterocycles. The Kier molecular flexibility index (Phi) is 2.94. The predicted octanol–water partition coefficient (Wildman–Crippen LogP) is 1.46. The van der Waals surface area contributed by atoms with E-state index in [1.807, 2.05) is 12.1 Å². The Morgan fingerprint density at radius 3 is 2.40 bits per heavy atom. The number of thiophene rings is 1. The molecule has 20 heavy (non-hydrogen) atoms. The summed E-state index contributed by atoms with van der Waals surface area (Å²) in [5.41, 5.74) is 0.119. The SMILES string of the molecule is Cn1c(=O)c2c(nc(-c3ccc(Br)s3)n2C)n(C)c1=O. The van der Waals surface area contributed by atoms with Crippen molar-refractivity contribution in [3.05, 3.63) is 36.8 Å². The molecule has 3 heterocycles. The maximum absolute atomic E-state index is 12.3. The highest BCUT2D eigenvalue weighted by Gasteiger charge is 2.18. The summed E-state index contributed by atoms with van der Waals surface area (Å²) >= 11 is 4.94. The lowest BCUT2D eigenvalue weighted by Gasteiger charge is -2.03. The summed E-state index contributed by atoms with van der Waals surface area (Å²) in [6, 6.07) is 3.86. The van der Waals surface area contributed by atoms with Crippen molar-refractivity contribution in [2.75, 3.05) is 0 Å². The first-order valence-electron chi connectivity index (χ1n) is 5.80. The molecule has 3 aromatic rings. The molecule has 0 atom stereocenters. The fourth-order valence-electron chi connectivity index (χ4n) is 2.17. The Morgan fingerprint density at radius 2 is 1.80 bits per heavy atom. The second kappa shape index (κ2) is 4.42. The summed E-state index contributed by atoms with van der Waals surface area (Å²) in [7, 11) is 4.87. The molecule has 3 aromatic heterocycles. The van der Waals surface area contributed by atoms with E-state index in [9.17, 15) is 9.59 Å². The summed E-state index contributed by atoms with van der Waals surface area (Å²) in [5, 5.41) is 0. The Labute approximate surface area is 126 Å². The number of hydrogen-bond donors (Lipinski definition) is 0. The van der Waals surface area contributed by atoms with Crippen LogP contribution in [0.4, 0.5) is 0 Å². The Hall–Kier alpha value is -1.67. The molecule has 0 fully saturated rings. The van der Waals surface area contributed by atoms with Crippen molar-refractivity contribution in [3.63, 3.8) is 0 Å². The van der Waals surface area contributed by atoms with Crippen LogP contribution in [0, 0.1) is 0 Å². The van der Waals surface area contributed by atoms with Crippen LogP contribution in [0.1, 0.15) is 0 Å². The molecule has 0 aliphatic carbocycles. The van der Waals surface area contributed by atoms with Crippen LogP contribution in [0.2, 0.25) is 0 Å². The van der Waals surface area contributed by atoms with E-state index >= 15 is 0 Å². The molecule has 0 unspecified atom stereocenters. The summed E-state index contributed by atoms with van der Waals surface area (Å²) in [6.07, 6.45) is 0. The van der Waals surface area contributed by atoms with Crippen LogP contribution in [-0.4, -0.2) is 18.7 Å². The Balaban J connectivity index is 2.48. The van der Waals surface area contributed by atoms with Gasteiger partial charge in [0.15, 0.2) is 17.0 Å². The Bertz CT molecular complexity index is 947. The quantitative estimate of drug-likeness (QED) is 0.664. The molecule has 0 aliphatic rings. The molecule has 0 amide bonds. The molecular formula is C12H11BrN4O2S. The molecule has 0 saturated carbocycles. The van der Waals surface area contributed by atoms with Crippen LogP contribution in [0.15, 0.2) is 25.5 Å². The smallest absolute Gasteiger partial charge is 0.321 e. The van der Waals surface area contributed by atoms with Crippen LogP contribution in [0.25, 0.3) is 21.9 Å². The van der Waals surface area contributed by atoms with Crippen molar-refractivity contribution in [1.29, 1.82) is 0 Å². The zero-order valence-electron chi connectivity index (χ0n) is 11.0. The van der Waals surface area contributed by atoms with Crippen molar-refractivity contribution < 1.29 is 0 Å². The van der Waals surface area contributed by atoms with Gasteiger partial charge in [0.2, 0.25) is 0 Å². The van der Waals surface area contributed by atoms with Gasteiger partial charge >= 0.3 is 5.69 Å². The van der Waals surface area contributed by atoms with E-state index in [1.54, 1.807) is 18.7 Å². The number of aromatic nitrogens is 4. The molecule has 0 bridgehead atoms. The molecule has 0 aromatic carbocycles. The summed E-state index contributed by atoms with van der Waals surface area (Å²) < 4.78 is 5.21. The largest absolute Gasteiger partial charge is 0.332 e. The number of rotatable bonds is 1. The second-order valence-corrected chi connectivity index (χ2v) is 6.94. The van der Waals surface area contributed by atoms with E-state index in [0.29, 0.717) is 17.0 Å². The Morgan fingerprint density at radius 1 is 1.10 bits per heavy atom. The van der Waals surface area contributed by atoms with E-state index in [-0.39, 0.29) is 11.2 Å². The van der Waals surface area contributed by atoms with Gasteiger partial charge in [0.25, 0.3) is 5.56 Å². The topological polar surface area (TPSA) is 61.8 Å². The zero-order chi connectivity index (χ0) is 14.6. The number of fused-ring (bicyclic) bond motifs is 1. The van der Waals surface area contributed by atoms with Gasteiger partial charge in [-0.05, 0) is 28.1 Å². The van der Waals surface area contributed by atoms with Crippen molar-refractivity contribution in [2.24, 2.45) is 21.1 Å². The highest BCUT2D eigenvalue weighted by atomic mass is 79.9. The van der Waals surface area contributed by atoms with Crippen molar-refractivity contribution in [3.8, 4) is 10.7 Å². The standard InChI is InChI=1S/C12H11BrN4O2S/c1-15-8-10(16(2)12(19)17(3)11(8)18)14-9(15)6-4-5-7(13)20-6/h4-5H,1-3H3. The summed E-state index contributed by atoms with van der Waals surface area (Å²) in [6.45, 7) is 0. The number of aryl methyl sites for hydroxylation is 2. The van der Waals surface area contributed by atoms with E-state index in [1.165, 1.54) is 23.0 Å². The number of halogens is 1. The highest BCUT2D eigenvalue weighted by molar-refractivity contribution is 9.11. The molecule has 0 radical (unpaired) electrons. The molecule has 8 heteroatoms. The van der Waals surface area contributed by atoms with Gasteiger partial charge in [-0.25, -0.2) is 9.78 Å². The minimum atomic E-state index is -0.375. The van der Waals surface area contributed by atoms with Crippen LogP contribution in [0.5, 0.6) is 0 Å². The van der Waals surface area contributed by atoms with Crippen LogP contribution >= 0.6 is 27.3 Å². The van der Waals surface area contributed by atoms with Crippen LogP contribution < -0.4 is 11.2 Å². The third-order valence-corrected chi connectivity index (χ3v) is 4.89. The molecule has 0 spiro atoms. The maximum atomic E-state index is 12.3. The van der Waals surface area contributed by atoms with Gasteiger partial charge in [0.05, 0.1) is 8.66 Å². The normalized spacial score (nSPS) is 11.4. The maximum Gasteiger partial charge on any atom is 0.332 e. The van der Waals surface area contributed by atoms with Gasteiger partial charge in [-0.2, -0.15) is 0 Å². The number of hydrogen-bond acceptors (Lipinski definition) is 4. The van der Waals surface area contributed by atoms with Gasteiger partial charge in [-0.3, -0.25) is 13.9 Å². The van der Waals surface area contributed by atoms with Crippen LogP contribution in [-0.2, 0) is 21.1 Å². The third kappa shape index (κ3) is 1.71. The van der Waals surface area contributed by atoms with Crippen molar-refractivity contribution in [1.82, 2.24) is 18.7 Å². The summed E-state index contributed by atoms with van der Waals surface area (Å²) in [4.78, 5) is 29.6. The lowest BCUT2D eigenvalue weighted by Crippen LogP contribution is -2.37. The van der Waals surface area contributed by atoms with Gasteiger partial charge in [-0.15, -0.1) is 11.3 Å². The predicted molar refractivity (Wildman–Crippen MR) is 82.2 cm³/mol. The third-order valence-electron chi connectivity index (χ3n) is 3.27. The first-order valence-corrected chi connectivity index (χ1v) is 7.41. The molecule has 6 nitrogen and oxygen atoms in total. The van der Waals surface area contributed by atoms with Crippen molar-refractivity contribution in [2.45, 2.75) is 0 Å². The van der Waals surface area contributed by atoms with E-state index in [2.05, 4.69) is 20.9 Å². The van der Waals surface area contributed by atoms with Gasteiger partial charge in [-0.1, -0.05) is 0 Å². The highest BCUT2D eigenvalue weighted by Crippen LogP contribution is 2.31. The van der Waals surface area contributed by atoms with Gasteiger partial charge in [0, 0.05) is 21.1 Å². The average Bonchev–Trinajstić information content (AvgIpc) is 2.98. The average molecular weight is 355 g/mol. The van der Waals surface area contributed by atoms with E-state index in [4.69, 9.17) is 0 Å². The first-order chi connectivity index (χ1) is 9.41. The monoisotopic (exact) mass is 354 g/mol. The van der Waals surface area contributed by atoms with Crippen LogP contribution in [0.3, 0.4) is 0 Å². The molecular weight excluding hydrogens is 344 g/mol. The number of imidazole rings is 1. The molecule has 104 valence electrons.